The van der Waals surface area contributed by atoms with Gasteiger partial charge in [0.25, 0.3) is 0 Å². The van der Waals surface area contributed by atoms with Gasteiger partial charge in [0.15, 0.2) is 5.76 Å². The van der Waals surface area contributed by atoms with Crippen molar-refractivity contribution in [2.75, 3.05) is 19.6 Å². The summed E-state index contributed by atoms with van der Waals surface area (Å²) in [5, 5.41) is 9.62. The second-order valence-corrected chi connectivity index (χ2v) is 7.49. The number of ether oxygens (including phenoxy) is 1. The molecule has 1 aliphatic heterocycles. The summed E-state index contributed by atoms with van der Waals surface area (Å²) in [7, 11) is 0. The van der Waals surface area contributed by atoms with Gasteiger partial charge in [-0.2, -0.15) is 0 Å². The van der Waals surface area contributed by atoms with Gasteiger partial charge in [0, 0.05) is 19.2 Å². The Bertz CT molecular complexity index is 603. The number of nitrogens with zero attached hydrogens (tertiary/aromatic N) is 2. The molecule has 2 amide bonds. The van der Waals surface area contributed by atoms with Crippen molar-refractivity contribution in [1.82, 2.24) is 20.7 Å². The van der Waals surface area contributed by atoms with Crippen LogP contribution in [0.3, 0.4) is 0 Å². The maximum atomic E-state index is 12.0. The van der Waals surface area contributed by atoms with Crippen LogP contribution in [0.4, 0.5) is 4.79 Å². The molecule has 1 aliphatic rings. The first kappa shape index (κ1) is 18.3. The van der Waals surface area contributed by atoms with Crippen LogP contribution in [-0.2, 0) is 21.6 Å². The number of aromatic nitrogens is 1. The van der Waals surface area contributed by atoms with Crippen LogP contribution in [0, 0.1) is 0 Å². The quantitative estimate of drug-likeness (QED) is 0.860. The Balaban J connectivity index is 1.97. The van der Waals surface area contributed by atoms with Crippen LogP contribution in [0.2, 0.25) is 0 Å². The Labute approximate surface area is 141 Å². The van der Waals surface area contributed by atoms with Gasteiger partial charge in [-0.05, 0) is 34.6 Å². The highest BCUT2D eigenvalue weighted by Gasteiger charge is 2.30. The minimum absolute atomic E-state index is 0.00733. The maximum Gasteiger partial charge on any atom is 0.408 e. The predicted molar refractivity (Wildman–Crippen MR) is 87.2 cm³/mol. The SMILES string of the molecule is CC(C)(C)OC(=O)NC(C)(C)c1cc(CN2CCNC(=O)C2)on1. The lowest BCUT2D eigenvalue weighted by Gasteiger charge is -2.27. The summed E-state index contributed by atoms with van der Waals surface area (Å²) >= 11 is 0. The van der Waals surface area contributed by atoms with Gasteiger partial charge in [0.05, 0.1) is 18.6 Å². The van der Waals surface area contributed by atoms with Crippen molar-refractivity contribution >= 4 is 12.0 Å². The number of amides is 2. The van der Waals surface area contributed by atoms with Crippen LogP contribution >= 0.6 is 0 Å². The topological polar surface area (TPSA) is 96.7 Å². The van der Waals surface area contributed by atoms with Crippen LogP contribution in [0.15, 0.2) is 10.6 Å². The largest absolute Gasteiger partial charge is 0.444 e. The van der Waals surface area contributed by atoms with Gasteiger partial charge in [-0.1, -0.05) is 5.16 Å². The molecule has 0 bridgehead atoms. The highest BCUT2D eigenvalue weighted by atomic mass is 16.6. The maximum absolute atomic E-state index is 12.0. The summed E-state index contributed by atoms with van der Waals surface area (Å²) < 4.78 is 10.6. The Morgan fingerprint density at radius 1 is 1.42 bits per heavy atom. The molecule has 8 nitrogen and oxygen atoms in total. The molecule has 2 heterocycles. The minimum Gasteiger partial charge on any atom is -0.444 e. The fourth-order valence-corrected chi connectivity index (χ4v) is 2.35. The van der Waals surface area contributed by atoms with E-state index in [4.69, 9.17) is 9.26 Å². The third kappa shape index (κ3) is 5.23. The second-order valence-electron chi connectivity index (χ2n) is 7.49. The Morgan fingerprint density at radius 3 is 2.75 bits per heavy atom. The van der Waals surface area contributed by atoms with Crippen LogP contribution in [0.5, 0.6) is 0 Å². The lowest BCUT2D eigenvalue weighted by molar-refractivity contribution is -0.124. The summed E-state index contributed by atoms with van der Waals surface area (Å²) in [6, 6.07) is 1.80. The number of alkyl carbamates (subject to hydrolysis) is 1. The molecule has 0 atom stereocenters. The molecule has 1 fully saturated rings. The van der Waals surface area contributed by atoms with Crippen LogP contribution in [-0.4, -0.2) is 47.3 Å². The molecule has 0 saturated carbocycles. The van der Waals surface area contributed by atoms with E-state index < -0.39 is 17.2 Å². The standard InChI is InChI=1S/C16H26N4O4/c1-15(2,3)23-14(22)18-16(4,5)12-8-11(24-19-12)9-20-7-6-17-13(21)10-20/h8H,6-7,9-10H2,1-5H3,(H,17,21)(H,18,22). The van der Waals surface area contributed by atoms with Gasteiger partial charge in [-0.3, -0.25) is 9.69 Å². The molecule has 134 valence electrons. The van der Waals surface area contributed by atoms with Crippen molar-refractivity contribution in [3.05, 3.63) is 17.5 Å². The number of piperazine rings is 1. The second kappa shape index (κ2) is 6.80. The highest BCUT2D eigenvalue weighted by molar-refractivity contribution is 5.78. The molecular formula is C16H26N4O4. The molecule has 0 radical (unpaired) electrons. The monoisotopic (exact) mass is 338 g/mol. The fraction of sp³-hybridized carbons (Fsp3) is 0.688. The van der Waals surface area contributed by atoms with E-state index in [1.807, 2.05) is 39.5 Å². The molecule has 2 N–H and O–H groups in total. The average molecular weight is 338 g/mol. The number of carbonyl (C=O) groups is 2. The van der Waals surface area contributed by atoms with Gasteiger partial charge in [0.1, 0.15) is 11.3 Å². The summed E-state index contributed by atoms with van der Waals surface area (Å²) in [6.07, 6.45) is -0.509. The first-order valence-electron chi connectivity index (χ1n) is 8.01. The third-order valence-electron chi connectivity index (χ3n) is 3.51. The van der Waals surface area contributed by atoms with Crippen molar-refractivity contribution in [3.63, 3.8) is 0 Å². The molecule has 1 aromatic rings. The molecule has 0 aliphatic carbocycles. The van der Waals surface area contributed by atoms with Crippen molar-refractivity contribution in [2.45, 2.75) is 52.3 Å². The summed E-state index contributed by atoms with van der Waals surface area (Å²) in [5.74, 6) is 0.659. The van der Waals surface area contributed by atoms with Crippen LogP contribution in [0.25, 0.3) is 0 Å². The van der Waals surface area contributed by atoms with E-state index in [9.17, 15) is 9.59 Å². The summed E-state index contributed by atoms with van der Waals surface area (Å²) in [4.78, 5) is 25.3. The molecule has 24 heavy (non-hydrogen) atoms. The van der Waals surface area contributed by atoms with E-state index in [0.29, 0.717) is 31.1 Å². The zero-order chi connectivity index (χ0) is 18.0. The number of nitrogens with one attached hydrogen (secondary N) is 2. The van der Waals surface area contributed by atoms with E-state index in [-0.39, 0.29) is 5.91 Å². The fourth-order valence-electron chi connectivity index (χ4n) is 2.35. The van der Waals surface area contributed by atoms with E-state index in [1.54, 1.807) is 6.07 Å². The summed E-state index contributed by atoms with van der Waals surface area (Å²) in [5.41, 5.74) is -0.697. The lowest BCUT2D eigenvalue weighted by Crippen LogP contribution is -2.47. The van der Waals surface area contributed by atoms with Gasteiger partial charge in [-0.15, -0.1) is 0 Å². The van der Waals surface area contributed by atoms with E-state index >= 15 is 0 Å². The number of carbonyl (C=O) groups excluding carboxylic acids is 2. The van der Waals surface area contributed by atoms with E-state index in [2.05, 4.69) is 15.8 Å². The van der Waals surface area contributed by atoms with E-state index in [1.165, 1.54) is 0 Å². The van der Waals surface area contributed by atoms with Crippen molar-refractivity contribution in [3.8, 4) is 0 Å². The average Bonchev–Trinajstić information content (AvgIpc) is 2.85. The van der Waals surface area contributed by atoms with Crippen molar-refractivity contribution in [2.24, 2.45) is 0 Å². The predicted octanol–water partition coefficient (Wildman–Crippen LogP) is 1.37. The zero-order valence-corrected chi connectivity index (χ0v) is 14.9. The smallest absolute Gasteiger partial charge is 0.408 e. The van der Waals surface area contributed by atoms with Gasteiger partial charge < -0.3 is 19.9 Å². The highest BCUT2D eigenvalue weighted by Crippen LogP contribution is 2.21. The number of hydrogen-bond acceptors (Lipinski definition) is 6. The molecular weight excluding hydrogens is 312 g/mol. The van der Waals surface area contributed by atoms with Crippen LogP contribution < -0.4 is 10.6 Å². The zero-order valence-electron chi connectivity index (χ0n) is 14.9. The third-order valence-corrected chi connectivity index (χ3v) is 3.51. The molecule has 1 aromatic heterocycles. The van der Waals surface area contributed by atoms with Gasteiger partial charge >= 0.3 is 6.09 Å². The first-order valence-corrected chi connectivity index (χ1v) is 8.01. The molecule has 8 heteroatoms. The van der Waals surface area contributed by atoms with Gasteiger partial charge in [-0.25, -0.2) is 4.79 Å². The minimum atomic E-state index is -0.733. The normalized spacial score (nSPS) is 16.6. The lowest BCUT2D eigenvalue weighted by atomic mass is 10.0. The molecule has 2 rings (SSSR count). The summed E-state index contributed by atoms with van der Waals surface area (Å²) in [6.45, 7) is 11.3. The Morgan fingerprint density at radius 2 is 2.12 bits per heavy atom. The Kier molecular flexibility index (Phi) is 5.17. The Hall–Kier alpha value is -2.09. The molecule has 0 unspecified atom stereocenters. The molecule has 0 spiro atoms. The van der Waals surface area contributed by atoms with Crippen LogP contribution in [0.1, 0.15) is 46.1 Å². The molecule has 0 aromatic carbocycles. The molecule has 1 saturated heterocycles. The first-order chi connectivity index (χ1) is 11.0. The van der Waals surface area contributed by atoms with Gasteiger partial charge in [0.2, 0.25) is 5.91 Å². The van der Waals surface area contributed by atoms with Crippen molar-refractivity contribution in [1.29, 1.82) is 0 Å². The number of hydrogen-bond donors (Lipinski definition) is 2. The number of rotatable bonds is 4. The van der Waals surface area contributed by atoms with E-state index in [0.717, 1.165) is 6.54 Å². The van der Waals surface area contributed by atoms with Crippen molar-refractivity contribution < 1.29 is 18.8 Å².